The topological polar surface area (TPSA) is 87.6 Å². The van der Waals surface area contributed by atoms with Crippen LogP contribution in [-0.4, -0.2) is 47.5 Å². The molecule has 0 bridgehead atoms. The number of thioether (sulfide) groups is 1. The molecule has 1 heterocycles. The van der Waals surface area contributed by atoms with E-state index in [-0.39, 0.29) is 29.7 Å². The van der Waals surface area contributed by atoms with E-state index >= 15 is 0 Å². The van der Waals surface area contributed by atoms with Crippen molar-refractivity contribution < 1.29 is 23.8 Å². The van der Waals surface area contributed by atoms with Gasteiger partial charge in [-0.3, -0.25) is 9.59 Å². The summed E-state index contributed by atoms with van der Waals surface area (Å²) >= 11 is 1.66. The van der Waals surface area contributed by atoms with E-state index in [1.165, 1.54) is 0 Å². The summed E-state index contributed by atoms with van der Waals surface area (Å²) in [5.41, 5.74) is 0.101. The van der Waals surface area contributed by atoms with Gasteiger partial charge in [0.05, 0.1) is 30.7 Å². The Bertz CT molecular complexity index is 940. The highest BCUT2D eigenvalue weighted by Gasteiger charge is 2.41. The van der Waals surface area contributed by atoms with Crippen molar-refractivity contribution >= 4 is 23.7 Å². The van der Waals surface area contributed by atoms with Gasteiger partial charge in [-0.25, -0.2) is 4.98 Å². The standard InChI is InChI=1S/C35H62N2O5S/c1-26(2)34(8,9)31(38)41-22-18-14-12-11-13-17-21-40-30-29(7)25-36-33(37-30)43-24-20-16-15-19-23-42-32(39)35(10,27(3)4)28(5)6/h25-28H,11-24H2,1-10H3. The molecule has 1 rings (SSSR count). The number of nitrogens with zero attached hydrogens (tertiary/aromatic N) is 2. The van der Waals surface area contributed by atoms with Crippen LogP contribution in [0.1, 0.15) is 132 Å². The zero-order valence-electron chi connectivity index (χ0n) is 29.1. The molecule has 0 radical (unpaired) electrons. The maximum atomic E-state index is 12.6. The van der Waals surface area contributed by atoms with Gasteiger partial charge in [-0.05, 0) is 71.1 Å². The molecule has 0 aliphatic rings. The van der Waals surface area contributed by atoms with Gasteiger partial charge in [0, 0.05) is 17.5 Å². The number of aryl methyl sites for hydroxylation is 1. The monoisotopic (exact) mass is 622 g/mol. The molecule has 0 fully saturated rings. The van der Waals surface area contributed by atoms with E-state index in [1.54, 1.807) is 11.8 Å². The third kappa shape index (κ3) is 13.8. The summed E-state index contributed by atoms with van der Waals surface area (Å²) in [7, 11) is 0. The molecule has 7 nitrogen and oxygen atoms in total. The Labute approximate surface area is 267 Å². The number of ether oxygens (including phenoxy) is 3. The molecule has 248 valence electrons. The summed E-state index contributed by atoms with van der Waals surface area (Å²) in [5.74, 6) is 2.24. The SMILES string of the molecule is Cc1cnc(SCCCCCCOC(=O)C(C)(C(C)C)C(C)C)nc1OCCCCCCCCOC(=O)C(C)(C)C(C)C. The summed E-state index contributed by atoms with van der Waals surface area (Å²) in [6.45, 7) is 22.1. The Kier molecular flexibility index (Phi) is 18.5. The number of aromatic nitrogens is 2. The first-order valence-corrected chi connectivity index (χ1v) is 17.7. The summed E-state index contributed by atoms with van der Waals surface area (Å²) < 4.78 is 17.1. The third-order valence-electron chi connectivity index (χ3n) is 9.22. The van der Waals surface area contributed by atoms with Gasteiger partial charge >= 0.3 is 11.9 Å². The van der Waals surface area contributed by atoms with Crippen molar-refractivity contribution in [3.8, 4) is 5.88 Å². The Morgan fingerprint density at radius 2 is 1.21 bits per heavy atom. The van der Waals surface area contributed by atoms with E-state index in [0.717, 1.165) is 80.7 Å². The van der Waals surface area contributed by atoms with Crippen molar-refractivity contribution in [1.29, 1.82) is 0 Å². The predicted octanol–water partition coefficient (Wildman–Crippen LogP) is 9.24. The molecule has 0 saturated heterocycles. The highest BCUT2D eigenvalue weighted by Crippen LogP contribution is 2.36. The number of carbonyl (C=O) groups is 2. The normalized spacial score (nSPS) is 12.3. The highest BCUT2D eigenvalue weighted by atomic mass is 32.2. The maximum Gasteiger partial charge on any atom is 0.312 e. The average Bonchev–Trinajstić information content (AvgIpc) is 2.95. The molecular weight excluding hydrogens is 560 g/mol. The average molecular weight is 623 g/mol. The van der Waals surface area contributed by atoms with Gasteiger partial charge in [0.25, 0.3) is 0 Å². The lowest BCUT2D eigenvalue weighted by molar-refractivity contribution is -0.161. The van der Waals surface area contributed by atoms with Gasteiger partial charge in [-0.15, -0.1) is 0 Å². The fourth-order valence-electron chi connectivity index (χ4n) is 4.47. The Morgan fingerprint density at radius 1 is 0.721 bits per heavy atom. The second-order valence-corrected chi connectivity index (χ2v) is 14.7. The molecule has 1 aromatic rings. The van der Waals surface area contributed by atoms with Crippen molar-refractivity contribution in [3.63, 3.8) is 0 Å². The van der Waals surface area contributed by atoms with Crippen molar-refractivity contribution in [3.05, 3.63) is 11.8 Å². The lowest BCUT2D eigenvalue weighted by Gasteiger charge is -2.35. The third-order valence-corrected chi connectivity index (χ3v) is 10.2. The van der Waals surface area contributed by atoms with Crippen LogP contribution in [0, 0.1) is 35.5 Å². The van der Waals surface area contributed by atoms with E-state index in [9.17, 15) is 9.59 Å². The van der Waals surface area contributed by atoms with Crippen LogP contribution in [0.5, 0.6) is 5.88 Å². The van der Waals surface area contributed by atoms with Crippen LogP contribution < -0.4 is 4.74 Å². The first-order valence-electron chi connectivity index (χ1n) is 16.7. The summed E-state index contributed by atoms with van der Waals surface area (Å²) in [5, 5.41) is 0.758. The molecule has 0 aliphatic carbocycles. The molecule has 0 aliphatic heterocycles. The Morgan fingerprint density at radius 3 is 1.74 bits per heavy atom. The predicted molar refractivity (Wildman–Crippen MR) is 177 cm³/mol. The second-order valence-electron chi connectivity index (χ2n) is 13.6. The molecule has 0 spiro atoms. The van der Waals surface area contributed by atoms with Crippen LogP contribution in [0.4, 0.5) is 0 Å². The molecule has 0 saturated carbocycles. The fourth-order valence-corrected chi connectivity index (χ4v) is 5.28. The number of hydrogen-bond acceptors (Lipinski definition) is 8. The van der Waals surface area contributed by atoms with Crippen molar-refractivity contribution in [1.82, 2.24) is 9.97 Å². The van der Waals surface area contributed by atoms with Gasteiger partial charge in [0.15, 0.2) is 5.16 Å². The van der Waals surface area contributed by atoms with Crippen molar-refractivity contribution in [2.45, 2.75) is 139 Å². The molecule has 0 unspecified atom stereocenters. The van der Waals surface area contributed by atoms with E-state index < -0.39 is 10.8 Å². The summed E-state index contributed by atoms with van der Waals surface area (Å²) in [4.78, 5) is 33.9. The molecule has 0 aromatic carbocycles. The van der Waals surface area contributed by atoms with Crippen LogP contribution in [0.2, 0.25) is 0 Å². The minimum Gasteiger partial charge on any atom is -0.477 e. The Hall–Kier alpha value is -1.83. The fraction of sp³-hybridized carbons (Fsp3) is 0.829. The van der Waals surface area contributed by atoms with E-state index in [0.29, 0.717) is 25.7 Å². The Balaban J connectivity index is 2.16. The van der Waals surface area contributed by atoms with E-state index in [4.69, 9.17) is 14.2 Å². The van der Waals surface area contributed by atoms with Gasteiger partial charge in [-0.2, -0.15) is 4.98 Å². The number of esters is 2. The molecule has 1 aromatic heterocycles. The molecule has 8 heteroatoms. The van der Waals surface area contributed by atoms with Crippen LogP contribution in [-0.2, 0) is 19.1 Å². The summed E-state index contributed by atoms with van der Waals surface area (Å²) in [6.07, 6.45) is 12.3. The number of rotatable bonds is 23. The van der Waals surface area contributed by atoms with E-state index in [2.05, 4.69) is 51.5 Å². The zero-order chi connectivity index (χ0) is 32.5. The molecule has 0 N–H and O–H groups in total. The maximum absolute atomic E-state index is 12.6. The van der Waals surface area contributed by atoms with Crippen molar-refractivity contribution in [2.75, 3.05) is 25.6 Å². The minimum absolute atomic E-state index is 0.0691. The van der Waals surface area contributed by atoms with Gasteiger partial charge in [0.2, 0.25) is 5.88 Å². The molecule has 43 heavy (non-hydrogen) atoms. The van der Waals surface area contributed by atoms with Gasteiger partial charge < -0.3 is 14.2 Å². The first kappa shape index (κ1) is 39.2. The minimum atomic E-state index is -0.432. The lowest BCUT2D eigenvalue weighted by Crippen LogP contribution is -2.39. The zero-order valence-corrected chi connectivity index (χ0v) is 29.9. The van der Waals surface area contributed by atoms with Crippen LogP contribution >= 0.6 is 11.8 Å². The van der Waals surface area contributed by atoms with Gasteiger partial charge in [-0.1, -0.05) is 91.8 Å². The second kappa shape index (κ2) is 20.2. The molecule has 0 amide bonds. The number of hydrogen-bond donors (Lipinski definition) is 0. The lowest BCUT2D eigenvalue weighted by atomic mass is 9.70. The molecule has 0 atom stereocenters. The molecular formula is C35H62N2O5S. The van der Waals surface area contributed by atoms with Gasteiger partial charge in [0.1, 0.15) is 0 Å². The van der Waals surface area contributed by atoms with E-state index in [1.807, 2.05) is 33.9 Å². The summed E-state index contributed by atoms with van der Waals surface area (Å²) in [6, 6.07) is 0. The van der Waals surface area contributed by atoms with Crippen LogP contribution in [0.25, 0.3) is 0 Å². The quantitative estimate of drug-likeness (QED) is 0.0516. The number of carbonyl (C=O) groups excluding carboxylic acids is 2. The largest absolute Gasteiger partial charge is 0.477 e. The van der Waals surface area contributed by atoms with Crippen molar-refractivity contribution in [2.24, 2.45) is 28.6 Å². The highest BCUT2D eigenvalue weighted by molar-refractivity contribution is 7.99. The number of unbranched alkanes of at least 4 members (excludes halogenated alkanes) is 8. The smallest absolute Gasteiger partial charge is 0.312 e. The van der Waals surface area contributed by atoms with Crippen LogP contribution in [0.3, 0.4) is 0 Å². The van der Waals surface area contributed by atoms with Crippen LogP contribution in [0.15, 0.2) is 11.4 Å². The first-order chi connectivity index (χ1) is 20.2.